The Bertz CT molecular complexity index is 2300. The Morgan fingerprint density at radius 3 is 1.63 bits per heavy atom. The first kappa shape index (κ1) is 28.7. The average Bonchev–Trinajstić information content (AvgIpc) is 3.45. The SMILES string of the molecule is C#CCOc1ccc2c(c1)Oc1ccc(C3(c4ccc5c(c4)Oc4cc(OCC#C)ccc4O5)c4ccccc4C4C=CC=CC43)cc1O2. The highest BCUT2D eigenvalue weighted by atomic mass is 16.6. The molecule has 6 heteroatoms. The van der Waals surface area contributed by atoms with Crippen LogP contribution in [-0.2, 0) is 5.41 Å². The van der Waals surface area contributed by atoms with Gasteiger partial charge < -0.3 is 28.4 Å². The highest BCUT2D eigenvalue weighted by molar-refractivity contribution is 5.68. The minimum Gasteiger partial charge on any atom is -0.481 e. The summed E-state index contributed by atoms with van der Waals surface area (Å²) in [5, 5.41) is 0. The molecule has 9 rings (SSSR count). The summed E-state index contributed by atoms with van der Waals surface area (Å²) in [6, 6.07) is 32.1. The number of hydrogen-bond donors (Lipinski definition) is 0. The number of terminal acetylenes is 2. The topological polar surface area (TPSA) is 55.4 Å². The lowest BCUT2D eigenvalue weighted by atomic mass is 9.63. The lowest BCUT2D eigenvalue weighted by Crippen LogP contribution is -2.35. The normalized spacial score (nSPS) is 19.7. The Hall–Kier alpha value is -6.50. The van der Waals surface area contributed by atoms with Gasteiger partial charge in [-0.1, -0.05) is 72.5 Å². The van der Waals surface area contributed by atoms with E-state index in [9.17, 15) is 0 Å². The van der Waals surface area contributed by atoms with Crippen LogP contribution >= 0.6 is 0 Å². The van der Waals surface area contributed by atoms with Crippen molar-refractivity contribution in [2.24, 2.45) is 5.92 Å². The molecule has 2 heterocycles. The molecule has 236 valence electrons. The summed E-state index contributed by atoms with van der Waals surface area (Å²) in [7, 11) is 0. The molecule has 0 N–H and O–H groups in total. The van der Waals surface area contributed by atoms with Crippen molar-refractivity contribution in [3.8, 4) is 82.2 Å². The van der Waals surface area contributed by atoms with Gasteiger partial charge in [0.15, 0.2) is 46.0 Å². The summed E-state index contributed by atoms with van der Waals surface area (Å²) in [6.07, 6.45) is 19.7. The fourth-order valence-corrected chi connectivity index (χ4v) is 7.55. The van der Waals surface area contributed by atoms with E-state index < -0.39 is 5.41 Å². The quantitative estimate of drug-likeness (QED) is 0.169. The second kappa shape index (κ2) is 11.3. The summed E-state index contributed by atoms with van der Waals surface area (Å²) >= 11 is 0. The second-order valence-electron chi connectivity index (χ2n) is 12.2. The zero-order valence-electron chi connectivity index (χ0n) is 26.2. The van der Waals surface area contributed by atoms with E-state index in [1.165, 1.54) is 11.1 Å². The van der Waals surface area contributed by atoms with Gasteiger partial charge in [-0.15, -0.1) is 12.8 Å². The van der Waals surface area contributed by atoms with Crippen LogP contribution in [0.3, 0.4) is 0 Å². The van der Waals surface area contributed by atoms with Crippen LogP contribution in [-0.4, -0.2) is 13.2 Å². The molecule has 5 aromatic rings. The lowest BCUT2D eigenvalue weighted by molar-refractivity contribution is 0.342. The van der Waals surface area contributed by atoms with E-state index in [0.717, 1.165) is 11.1 Å². The van der Waals surface area contributed by atoms with Crippen LogP contribution in [0.4, 0.5) is 0 Å². The summed E-state index contributed by atoms with van der Waals surface area (Å²) in [5.41, 5.74) is 4.02. The molecule has 0 saturated heterocycles. The predicted molar refractivity (Wildman–Crippen MR) is 186 cm³/mol. The molecule has 6 nitrogen and oxygen atoms in total. The van der Waals surface area contributed by atoms with Crippen LogP contribution in [0, 0.1) is 30.6 Å². The largest absolute Gasteiger partial charge is 0.481 e. The predicted octanol–water partition coefficient (Wildman–Crippen LogP) is 9.68. The Kier molecular flexibility index (Phi) is 6.64. The van der Waals surface area contributed by atoms with Crippen molar-refractivity contribution < 1.29 is 28.4 Å². The molecule has 3 unspecified atom stereocenters. The molecule has 49 heavy (non-hydrogen) atoms. The Morgan fingerprint density at radius 2 is 1.04 bits per heavy atom. The van der Waals surface area contributed by atoms with E-state index in [2.05, 4.69) is 84.7 Å². The van der Waals surface area contributed by atoms with Crippen molar-refractivity contribution in [2.75, 3.05) is 13.2 Å². The Morgan fingerprint density at radius 1 is 0.551 bits per heavy atom. The lowest BCUT2D eigenvalue weighted by Gasteiger charge is -2.39. The van der Waals surface area contributed by atoms with Gasteiger partial charge in [-0.2, -0.15) is 0 Å². The fraction of sp³-hybridized carbons (Fsp3) is 0.116. The van der Waals surface area contributed by atoms with E-state index in [1.807, 2.05) is 36.4 Å². The zero-order chi connectivity index (χ0) is 33.0. The number of hydrogen-bond acceptors (Lipinski definition) is 6. The van der Waals surface area contributed by atoms with Gasteiger partial charge in [0.05, 0.1) is 5.41 Å². The maximum Gasteiger partial charge on any atom is 0.173 e. The van der Waals surface area contributed by atoms with Crippen LogP contribution in [0.25, 0.3) is 0 Å². The maximum absolute atomic E-state index is 6.51. The van der Waals surface area contributed by atoms with Gasteiger partial charge in [0.25, 0.3) is 0 Å². The molecule has 0 saturated carbocycles. The minimum absolute atomic E-state index is 0.0687. The molecule has 0 spiro atoms. The number of fused-ring (bicyclic) bond motifs is 7. The average molecular weight is 641 g/mol. The van der Waals surface area contributed by atoms with Gasteiger partial charge in [0.1, 0.15) is 24.7 Å². The number of ether oxygens (including phenoxy) is 6. The molecule has 0 amide bonds. The molecular formula is C43H28O6. The third-order valence-electron chi connectivity index (χ3n) is 9.53. The van der Waals surface area contributed by atoms with Crippen molar-refractivity contribution in [3.63, 3.8) is 0 Å². The van der Waals surface area contributed by atoms with Crippen LogP contribution in [0.15, 0.2) is 121 Å². The van der Waals surface area contributed by atoms with Crippen molar-refractivity contribution in [1.29, 1.82) is 0 Å². The van der Waals surface area contributed by atoms with E-state index >= 15 is 0 Å². The summed E-state index contributed by atoms with van der Waals surface area (Å²) in [4.78, 5) is 0. The van der Waals surface area contributed by atoms with E-state index in [4.69, 9.17) is 41.3 Å². The van der Waals surface area contributed by atoms with Crippen molar-refractivity contribution in [2.45, 2.75) is 11.3 Å². The molecule has 4 aliphatic rings. The first-order valence-corrected chi connectivity index (χ1v) is 16.0. The summed E-state index contributed by atoms with van der Waals surface area (Å²) in [5.74, 6) is 11.3. The molecular weight excluding hydrogens is 612 g/mol. The monoisotopic (exact) mass is 640 g/mol. The van der Waals surface area contributed by atoms with Gasteiger partial charge in [-0.05, 0) is 70.8 Å². The molecule has 2 aliphatic heterocycles. The Balaban J connectivity index is 1.17. The van der Waals surface area contributed by atoms with Crippen LogP contribution in [0.1, 0.15) is 28.2 Å². The third kappa shape index (κ3) is 4.53. The van der Waals surface area contributed by atoms with Crippen LogP contribution in [0.2, 0.25) is 0 Å². The highest BCUT2D eigenvalue weighted by Gasteiger charge is 2.53. The van der Waals surface area contributed by atoms with E-state index in [-0.39, 0.29) is 25.0 Å². The second-order valence-corrected chi connectivity index (χ2v) is 12.2. The highest BCUT2D eigenvalue weighted by Crippen LogP contribution is 2.62. The number of rotatable bonds is 6. The Labute approximate surface area is 284 Å². The molecule has 0 aromatic heterocycles. The van der Waals surface area contributed by atoms with E-state index in [0.29, 0.717) is 57.5 Å². The maximum atomic E-state index is 6.51. The van der Waals surface area contributed by atoms with Crippen molar-refractivity contribution in [1.82, 2.24) is 0 Å². The molecule has 0 fully saturated rings. The van der Waals surface area contributed by atoms with Crippen molar-refractivity contribution in [3.05, 3.63) is 144 Å². The van der Waals surface area contributed by atoms with Crippen molar-refractivity contribution >= 4 is 0 Å². The van der Waals surface area contributed by atoms with Gasteiger partial charge in [-0.3, -0.25) is 0 Å². The fourth-order valence-electron chi connectivity index (χ4n) is 7.55. The molecule has 0 bridgehead atoms. The molecule has 2 aliphatic carbocycles. The number of benzene rings is 5. The smallest absolute Gasteiger partial charge is 0.173 e. The molecule has 3 atom stereocenters. The minimum atomic E-state index is -0.607. The van der Waals surface area contributed by atoms with Gasteiger partial charge in [0.2, 0.25) is 0 Å². The van der Waals surface area contributed by atoms with Crippen LogP contribution < -0.4 is 28.4 Å². The first-order chi connectivity index (χ1) is 24.1. The van der Waals surface area contributed by atoms with Gasteiger partial charge >= 0.3 is 0 Å². The van der Waals surface area contributed by atoms with Crippen LogP contribution in [0.5, 0.6) is 57.5 Å². The summed E-state index contributed by atoms with van der Waals surface area (Å²) < 4.78 is 36.9. The number of allylic oxidation sites excluding steroid dienone is 4. The third-order valence-corrected chi connectivity index (χ3v) is 9.53. The zero-order valence-corrected chi connectivity index (χ0v) is 26.2. The molecule has 5 aromatic carbocycles. The standard InChI is InChI=1S/C43H28O6/c1-3-21-44-29-16-20-38-41(25-29)48-36-18-14-27(23-39(36)47-38)43(33-11-7-5-9-31(33)32-10-6-8-12-34(32)43)28-13-17-35-40(24-28)49-42-26-30(45-22-4-2)15-19-37(42)46-35/h1-2,5-20,23-26,31,33H,21-22H2. The summed E-state index contributed by atoms with van der Waals surface area (Å²) in [6.45, 7) is 0.333. The first-order valence-electron chi connectivity index (χ1n) is 16.0. The van der Waals surface area contributed by atoms with Gasteiger partial charge in [0, 0.05) is 24.0 Å². The van der Waals surface area contributed by atoms with E-state index in [1.54, 1.807) is 12.1 Å². The molecule has 0 radical (unpaired) electrons. The van der Waals surface area contributed by atoms with Gasteiger partial charge in [-0.25, -0.2) is 0 Å².